The Morgan fingerprint density at radius 1 is 1.46 bits per heavy atom. The number of nitrogens with two attached hydrogens (primary N) is 1. The molecule has 72 valence electrons. The molecular weight excluding hydrogens is 166 g/mol. The van der Waals surface area contributed by atoms with Gasteiger partial charge in [0.1, 0.15) is 0 Å². The van der Waals surface area contributed by atoms with Crippen LogP contribution in [0.3, 0.4) is 0 Å². The van der Waals surface area contributed by atoms with Crippen LogP contribution in [0, 0.1) is 6.92 Å². The summed E-state index contributed by atoms with van der Waals surface area (Å²) in [5.74, 6) is 0.655. The number of hydrogen-bond donors (Lipinski definition) is 2. The third-order valence-corrected chi connectivity index (χ3v) is 1.75. The van der Waals surface area contributed by atoms with E-state index in [-0.39, 0.29) is 5.75 Å². The van der Waals surface area contributed by atoms with E-state index in [1.165, 1.54) is 0 Å². The summed E-state index contributed by atoms with van der Waals surface area (Å²) in [7, 11) is 0. The molecule has 0 bridgehead atoms. The summed E-state index contributed by atoms with van der Waals surface area (Å²) in [6, 6.07) is 3.35. The lowest BCUT2D eigenvalue weighted by Gasteiger charge is -2.09. The number of nitrogen functional groups attached to an aromatic ring is 1. The van der Waals surface area contributed by atoms with Gasteiger partial charge in [0.15, 0.2) is 11.5 Å². The predicted molar refractivity (Wildman–Crippen MR) is 53.0 cm³/mol. The molecule has 0 saturated carbocycles. The molecule has 0 fully saturated rings. The zero-order chi connectivity index (χ0) is 9.84. The van der Waals surface area contributed by atoms with E-state index in [1.54, 1.807) is 19.1 Å². The van der Waals surface area contributed by atoms with Gasteiger partial charge in [-0.05, 0) is 25.0 Å². The number of aromatic hydroxyl groups is 1. The van der Waals surface area contributed by atoms with Crippen LogP contribution in [-0.2, 0) is 0 Å². The van der Waals surface area contributed by atoms with Crippen LogP contribution >= 0.6 is 0 Å². The summed E-state index contributed by atoms with van der Waals surface area (Å²) in [6.45, 7) is 4.40. The second-order valence-corrected chi connectivity index (χ2v) is 3.03. The Morgan fingerprint density at radius 2 is 2.15 bits per heavy atom. The molecule has 0 aliphatic carbocycles. The van der Waals surface area contributed by atoms with Crippen LogP contribution in [0.15, 0.2) is 12.1 Å². The van der Waals surface area contributed by atoms with Gasteiger partial charge < -0.3 is 15.6 Å². The van der Waals surface area contributed by atoms with Crippen LogP contribution in [0.5, 0.6) is 11.5 Å². The summed E-state index contributed by atoms with van der Waals surface area (Å²) < 4.78 is 5.32. The Bertz CT molecular complexity index is 297. The minimum absolute atomic E-state index is 0.183. The lowest BCUT2D eigenvalue weighted by molar-refractivity contribution is 0.299. The lowest BCUT2D eigenvalue weighted by atomic mass is 10.2. The molecule has 0 aliphatic heterocycles. The fourth-order valence-corrected chi connectivity index (χ4v) is 1.10. The standard InChI is InChI=1S/C10H15NO2/c1-3-4-13-9-6-8(11)5-7(2)10(9)12/h5-6,12H,3-4,11H2,1-2H3. The molecule has 0 amide bonds. The second kappa shape index (κ2) is 4.03. The van der Waals surface area contributed by atoms with Gasteiger partial charge in [-0.25, -0.2) is 0 Å². The van der Waals surface area contributed by atoms with Gasteiger partial charge in [-0.3, -0.25) is 0 Å². The van der Waals surface area contributed by atoms with Crippen LogP contribution in [-0.4, -0.2) is 11.7 Å². The van der Waals surface area contributed by atoms with Gasteiger partial charge in [0.05, 0.1) is 6.61 Å². The topological polar surface area (TPSA) is 55.5 Å². The molecule has 13 heavy (non-hydrogen) atoms. The molecule has 3 nitrogen and oxygen atoms in total. The van der Waals surface area contributed by atoms with Crippen molar-refractivity contribution in [2.45, 2.75) is 20.3 Å². The number of phenolic OH excluding ortho intramolecular Hbond substituents is 1. The fraction of sp³-hybridized carbons (Fsp3) is 0.400. The van der Waals surface area contributed by atoms with Crippen molar-refractivity contribution in [1.82, 2.24) is 0 Å². The number of hydrogen-bond acceptors (Lipinski definition) is 3. The van der Waals surface area contributed by atoms with E-state index in [9.17, 15) is 5.11 Å². The average molecular weight is 181 g/mol. The third-order valence-electron chi connectivity index (χ3n) is 1.75. The Morgan fingerprint density at radius 3 is 2.77 bits per heavy atom. The summed E-state index contributed by atoms with van der Waals surface area (Å²) >= 11 is 0. The highest BCUT2D eigenvalue weighted by Gasteiger charge is 2.06. The van der Waals surface area contributed by atoms with Crippen molar-refractivity contribution in [1.29, 1.82) is 0 Å². The second-order valence-electron chi connectivity index (χ2n) is 3.03. The molecule has 3 heteroatoms. The van der Waals surface area contributed by atoms with Crippen molar-refractivity contribution in [3.8, 4) is 11.5 Å². The maximum atomic E-state index is 9.57. The molecule has 1 aromatic carbocycles. The molecule has 0 aliphatic rings. The normalized spacial score (nSPS) is 10.0. The molecule has 1 aromatic rings. The Hall–Kier alpha value is -1.38. The van der Waals surface area contributed by atoms with E-state index in [2.05, 4.69) is 0 Å². The van der Waals surface area contributed by atoms with Crippen molar-refractivity contribution in [2.24, 2.45) is 0 Å². The quantitative estimate of drug-likeness (QED) is 0.554. The smallest absolute Gasteiger partial charge is 0.163 e. The maximum Gasteiger partial charge on any atom is 0.163 e. The van der Waals surface area contributed by atoms with E-state index in [0.29, 0.717) is 18.0 Å². The SMILES string of the molecule is CCCOc1cc(N)cc(C)c1O. The first-order valence-corrected chi connectivity index (χ1v) is 4.37. The first-order valence-electron chi connectivity index (χ1n) is 4.37. The first kappa shape index (κ1) is 9.71. The van der Waals surface area contributed by atoms with E-state index >= 15 is 0 Å². The Kier molecular flexibility index (Phi) is 3.01. The molecule has 1 rings (SSSR count). The summed E-state index contributed by atoms with van der Waals surface area (Å²) in [4.78, 5) is 0. The summed E-state index contributed by atoms with van der Waals surface area (Å²) in [5.41, 5.74) is 6.96. The molecule has 3 N–H and O–H groups in total. The highest BCUT2D eigenvalue weighted by molar-refractivity contribution is 5.55. The van der Waals surface area contributed by atoms with Gasteiger partial charge in [-0.1, -0.05) is 6.92 Å². The van der Waals surface area contributed by atoms with E-state index in [0.717, 1.165) is 12.0 Å². The van der Waals surface area contributed by atoms with Crippen LogP contribution in [0.2, 0.25) is 0 Å². The van der Waals surface area contributed by atoms with E-state index in [4.69, 9.17) is 10.5 Å². The van der Waals surface area contributed by atoms with Crippen molar-refractivity contribution >= 4 is 5.69 Å². The van der Waals surface area contributed by atoms with Gasteiger partial charge in [0, 0.05) is 11.8 Å². The minimum atomic E-state index is 0.183. The van der Waals surface area contributed by atoms with Crippen LogP contribution < -0.4 is 10.5 Å². The monoisotopic (exact) mass is 181 g/mol. The average Bonchev–Trinajstić information content (AvgIpc) is 2.09. The van der Waals surface area contributed by atoms with Crippen molar-refractivity contribution in [2.75, 3.05) is 12.3 Å². The maximum absolute atomic E-state index is 9.57. The van der Waals surface area contributed by atoms with Crippen LogP contribution in [0.4, 0.5) is 5.69 Å². The number of ether oxygens (including phenoxy) is 1. The van der Waals surface area contributed by atoms with Crippen molar-refractivity contribution < 1.29 is 9.84 Å². The first-order chi connectivity index (χ1) is 6.15. The number of anilines is 1. The third kappa shape index (κ3) is 2.28. The Labute approximate surface area is 78.1 Å². The molecule has 0 atom stereocenters. The fourth-order valence-electron chi connectivity index (χ4n) is 1.10. The predicted octanol–water partition coefficient (Wildman–Crippen LogP) is 2.07. The van der Waals surface area contributed by atoms with Gasteiger partial charge in [0.25, 0.3) is 0 Å². The molecule has 0 unspecified atom stereocenters. The molecule has 0 radical (unpaired) electrons. The molecular formula is C10H15NO2. The minimum Gasteiger partial charge on any atom is -0.504 e. The van der Waals surface area contributed by atoms with Crippen molar-refractivity contribution in [3.05, 3.63) is 17.7 Å². The van der Waals surface area contributed by atoms with Crippen LogP contribution in [0.25, 0.3) is 0 Å². The van der Waals surface area contributed by atoms with Gasteiger partial charge in [0.2, 0.25) is 0 Å². The zero-order valence-corrected chi connectivity index (χ0v) is 8.00. The lowest BCUT2D eigenvalue weighted by Crippen LogP contribution is -1.97. The number of rotatable bonds is 3. The molecule has 0 saturated heterocycles. The highest BCUT2D eigenvalue weighted by Crippen LogP contribution is 2.32. The van der Waals surface area contributed by atoms with Crippen LogP contribution in [0.1, 0.15) is 18.9 Å². The molecule has 0 aromatic heterocycles. The Balaban J connectivity index is 2.92. The van der Waals surface area contributed by atoms with Gasteiger partial charge in [-0.2, -0.15) is 0 Å². The number of phenols is 1. The number of benzene rings is 1. The molecule has 0 spiro atoms. The summed E-state index contributed by atoms with van der Waals surface area (Å²) in [6.07, 6.45) is 0.910. The molecule has 0 heterocycles. The van der Waals surface area contributed by atoms with E-state index in [1.807, 2.05) is 6.92 Å². The van der Waals surface area contributed by atoms with Gasteiger partial charge >= 0.3 is 0 Å². The zero-order valence-electron chi connectivity index (χ0n) is 8.00. The summed E-state index contributed by atoms with van der Waals surface area (Å²) in [5, 5.41) is 9.57. The highest BCUT2D eigenvalue weighted by atomic mass is 16.5. The van der Waals surface area contributed by atoms with E-state index < -0.39 is 0 Å². The number of aryl methyl sites for hydroxylation is 1. The van der Waals surface area contributed by atoms with Crippen molar-refractivity contribution in [3.63, 3.8) is 0 Å². The van der Waals surface area contributed by atoms with Gasteiger partial charge in [-0.15, -0.1) is 0 Å². The largest absolute Gasteiger partial charge is 0.504 e.